The molecule has 2 amide bonds. The van der Waals surface area contributed by atoms with Crippen LogP contribution in [0.5, 0.6) is 0 Å². The van der Waals surface area contributed by atoms with Gasteiger partial charge in [-0.05, 0) is 24.0 Å². The van der Waals surface area contributed by atoms with E-state index in [9.17, 15) is 14.7 Å². The van der Waals surface area contributed by atoms with Gasteiger partial charge in [0.2, 0.25) is 0 Å². The van der Waals surface area contributed by atoms with E-state index in [-0.39, 0.29) is 0 Å². The van der Waals surface area contributed by atoms with Crippen molar-refractivity contribution in [1.29, 1.82) is 0 Å². The van der Waals surface area contributed by atoms with E-state index in [1.54, 1.807) is 0 Å². The molecule has 0 saturated carbocycles. The molecule has 104 valence electrons. The van der Waals surface area contributed by atoms with Gasteiger partial charge in [0.15, 0.2) is 0 Å². The van der Waals surface area contributed by atoms with Crippen LogP contribution in [0.15, 0.2) is 30.3 Å². The van der Waals surface area contributed by atoms with Gasteiger partial charge < -0.3 is 20.5 Å². The normalized spacial score (nSPS) is 11.6. The number of hydrogen-bond donors (Lipinski definition) is 2. The molecule has 0 aliphatic rings. The molecular formula is C13H17N2O3S-. The number of carbonyl (C=O) groups is 2. The van der Waals surface area contributed by atoms with E-state index in [1.165, 1.54) is 11.8 Å². The van der Waals surface area contributed by atoms with Crippen molar-refractivity contribution in [3.63, 3.8) is 0 Å². The second-order valence-electron chi connectivity index (χ2n) is 3.97. The molecule has 2 N–H and O–H groups in total. The van der Waals surface area contributed by atoms with Crippen LogP contribution < -0.4 is 15.7 Å². The molecule has 0 saturated heterocycles. The highest BCUT2D eigenvalue weighted by molar-refractivity contribution is 7.98. The molecule has 0 aliphatic carbocycles. The lowest BCUT2D eigenvalue weighted by atomic mass is 10.2. The zero-order valence-electron chi connectivity index (χ0n) is 10.7. The minimum atomic E-state index is -1.26. The van der Waals surface area contributed by atoms with Gasteiger partial charge in [0.05, 0.1) is 12.0 Å². The van der Waals surface area contributed by atoms with Crippen LogP contribution >= 0.6 is 11.8 Å². The predicted molar refractivity (Wildman–Crippen MR) is 73.6 cm³/mol. The van der Waals surface area contributed by atoms with Gasteiger partial charge in [-0.1, -0.05) is 30.3 Å². The van der Waals surface area contributed by atoms with Crippen LogP contribution in [0.2, 0.25) is 0 Å². The van der Waals surface area contributed by atoms with Crippen LogP contribution in [0.3, 0.4) is 0 Å². The summed E-state index contributed by atoms with van der Waals surface area (Å²) in [5, 5.41) is 15.9. The Labute approximate surface area is 116 Å². The molecule has 1 aromatic carbocycles. The van der Waals surface area contributed by atoms with E-state index < -0.39 is 18.0 Å². The lowest BCUT2D eigenvalue weighted by Gasteiger charge is -2.19. The third-order valence-electron chi connectivity index (χ3n) is 2.50. The third-order valence-corrected chi connectivity index (χ3v) is 3.14. The van der Waals surface area contributed by atoms with E-state index in [2.05, 4.69) is 10.6 Å². The molecule has 6 heteroatoms. The van der Waals surface area contributed by atoms with Crippen molar-refractivity contribution >= 4 is 23.8 Å². The Morgan fingerprint density at radius 1 is 1.32 bits per heavy atom. The number of benzene rings is 1. The van der Waals surface area contributed by atoms with Gasteiger partial charge in [-0.2, -0.15) is 11.8 Å². The fourth-order valence-electron chi connectivity index (χ4n) is 1.47. The summed E-state index contributed by atoms with van der Waals surface area (Å²) in [6.45, 7) is 0.356. The maximum atomic E-state index is 11.6. The average Bonchev–Trinajstić information content (AvgIpc) is 2.42. The number of rotatable bonds is 7. The zero-order valence-corrected chi connectivity index (χ0v) is 11.5. The fourth-order valence-corrected chi connectivity index (χ4v) is 1.94. The standard InChI is InChI=1S/C13H18N2O3S/c1-19-8-7-11(12(16)17)15-13(18)14-9-10-5-3-2-4-6-10/h2-6,11H,7-9H2,1H3,(H,16,17)(H2,14,15,18)/p-1/t11-/m0/s1. The number of thioether (sulfide) groups is 1. The summed E-state index contributed by atoms with van der Waals surface area (Å²) in [7, 11) is 0. The van der Waals surface area contributed by atoms with Gasteiger partial charge in [-0.3, -0.25) is 0 Å². The maximum absolute atomic E-state index is 11.6. The first-order valence-corrected chi connectivity index (χ1v) is 7.31. The van der Waals surface area contributed by atoms with Crippen LogP contribution in [0, 0.1) is 0 Å². The first-order valence-electron chi connectivity index (χ1n) is 5.91. The Kier molecular flexibility index (Phi) is 6.81. The van der Waals surface area contributed by atoms with Gasteiger partial charge in [0.1, 0.15) is 0 Å². The molecule has 1 aromatic rings. The van der Waals surface area contributed by atoms with Gasteiger partial charge in [-0.25, -0.2) is 4.79 Å². The summed E-state index contributed by atoms with van der Waals surface area (Å²) in [6.07, 6.45) is 2.23. The highest BCUT2D eigenvalue weighted by Gasteiger charge is 2.12. The van der Waals surface area contributed by atoms with Crippen LogP contribution in [0.1, 0.15) is 12.0 Å². The van der Waals surface area contributed by atoms with Gasteiger partial charge >= 0.3 is 6.03 Å². The fraction of sp³-hybridized carbons (Fsp3) is 0.385. The molecule has 0 aliphatic heterocycles. The van der Waals surface area contributed by atoms with Crippen molar-refractivity contribution in [2.75, 3.05) is 12.0 Å². The third kappa shape index (κ3) is 6.15. The Bertz CT molecular complexity index is 412. The summed E-state index contributed by atoms with van der Waals surface area (Å²) in [5.41, 5.74) is 0.951. The molecule has 0 spiro atoms. The molecule has 0 radical (unpaired) electrons. The van der Waals surface area contributed by atoms with Crippen molar-refractivity contribution in [3.8, 4) is 0 Å². The van der Waals surface area contributed by atoms with E-state index >= 15 is 0 Å². The molecular weight excluding hydrogens is 264 g/mol. The van der Waals surface area contributed by atoms with Crippen LogP contribution in [0.4, 0.5) is 4.79 Å². The summed E-state index contributed by atoms with van der Waals surface area (Å²) in [5.74, 6) is -0.610. The molecule has 0 heterocycles. The summed E-state index contributed by atoms with van der Waals surface area (Å²) in [4.78, 5) is 22.4. The quantitative estimate of drug-likeness (QED) is 0.756. The smallest absolute Gasteiger partial charge is 0.315 e. The number of aliphatic carboxylic acids is 1. The highest BCUT2D eigenvalue weighted by Crippen LogP contribution is 2.00. The number of carbonyl (C=O) groups excluding carboxylic acids is 2. The monoisotopic (exact) mass is 281 g/mol. The first kappa shape index (κ1) is 15.4. The number of carboxylic acids is 1. The number of nitrogens with one attached hydrogen (secondary N) is 2. The minimum absolute atomic E-state index is 0.349. The summed E-state index contributed by atoms with van der Waals surface area (Å²) < 4.78 is 0. The lowest BCUT2D eigenvalue weighted by Crippen LogP contribution is -2.51. The molecule has 0 fully saturated rings. The maximum Gasteiger partial charge on any atom is 0.315 e. The molecule has 0 aromatic heterocycles. The Balaban J connectivity index is 2.38. The SMILES string of the molecule is CSCC[C@H](NC(=O)NCc1ccccc1)C(=O)[O-]. The van der Waals surface area contributed by atoms with Crippen molar-refractivity contribution in [2.45, 2.75) is 19.0 Å². The van der Waals surface area contributed by atoms with E-state index in [4.69, 9.17) is 0 Å². The van der Waals surface area contributed by atoms with Crippen LogP contribution in [0.25, 0.3) is 0 Å². The average molecular weight is 281 g/mol. The van der Waals surface area contributed by atoms with Crippen LogP contribution in [-0.4, -0.2) is 30.1 Å². The molecule has 5 nitrogen and oxygen atoms in total. The lowest BCUT2D eigenvalue weighted by molar-refractivity contribution is -0.308. The zero-order chi connectivity index (χ0) is 14.1. The largest absolute Gasteiger partial charge is 0.548 e. The van der Waals surface area contributed by atoms with Gasteiger partial charge in [0.25, 0.3) is 0 Å². The highest BCUT2D eigenvalue weighted by atomic mass is 32.2. The molecule has 0 bridgehead atoms. The van der Waals surface area contributed by atoms with Crippen molar-refractivity contribution < 1.29 is 14.7 Å². The van der Waals surface area contributed by atoms with E-state index in [0.717, 1.165) is 5.56 Å². The number of urea groups is 1. The van der Waals surface area contributed by atoms with E-state index in [1.807, 2.05) is 36.6 Å². The van der Waals surface area contributed by atoms with Crippen molar-refractivity contribution in [1.82, 2.24) is 10.6 Å². The second kappa shape index (κ2) is 8.42. The number of carboxylic acid groups (broad SMARTS) is 1. The van der Waals surface area contributed by atoms with Crippen molar-refractivity contribution in [2.24, 2.45) is 0 Å². The number of hydrogen-bond acceptors (Lipinski definition) is 4. The second-order valence-corrected chi connectivity index (χ2v) is 4.95. The molecule has 1 rings (SSSR count). The first-order chi connectivity index (χ1) is 9.13. The minimum Gasteiger partial charge on any atom is -0.548 e. The van der Waals surface area contributed by atoms with Crippen LogP contribution in [-0.2, 0) is 11.3 Å². The van der Waals surface area contributed by atoms with Gasteiger partial charge in [-0.15, -0.1) is 0 Å². The predicted octanol–water partition coefficient (Wildman–Crippen LogP) is 0.357. The molecule has 0 unspecified atom stereocenters. The molecule has 1 atom stereocenters. The van der Waals surface area contributed by atoms with E-state index in [0.29, 0.717) is 18.7 Å². The Hall–Kier alpha value is -1.69. The summed E-state index contributed by atoms with van der Waals surface area (Å²) in [6, 6.07) is 7.93. The topological polar surface area (TPSA) is 81.3 Å². The molecule has 19 heavy (non-hydrogen) atoms. The van der Waals surface area contributed by atoms with Gasteiger partial charge in [0, 0.05) is 6.54 Å². The Morgan fingerprint density at radius 3 is 2.58 bits per heavy atom. The Morgan fingerprint density at radius 2 is 2.00 bits per heavy atom. The summed E-state index contributed by atoms with van der Waals surface area (Å²) >= 11 is 1.52. The number of amides is 2. The van der Waals surface area contributed by atoms with Crippen molar-refractivity contribution in [3.05, 3.63) is 35.9 Å².